The Bertz CT molecular complexity index is 677. The number of anilines is 1. The van der Waals surface area contributed by atoms with E-state index < -0.39 is 0 Å². The summed E-state index contributed by atoms with van der Waals surface area (Å²) in [6.45, 7) is 0.653. The minimum Gasteiger partial charge on any atom is -0.333 e. The Balaban J connectivity index is 1.32. The first kappa shape index (κ1) is 13.2. The minimum absolute atomic E-state index is 0.0563. The molecule has 0 radical (unpaired) electrons. The van der Waals surface area contributed by atoms with Gasteiger partial charge in [-0.3, -0.25) is 0 Å². The van der Waals surface area contributed by atoms with Crippen molar-refractivity contribution >= 4 is 11.7 Å². The molecule has 1 saturated carbocycles. The highest BCUT2D eigenvalue weighted by Gasteiger charge is 2.26. The van der Waals surface area contributed by atoms with Crippen LogP contribution in [0.3, 0.4) is 0 Å². The number of hydrogen-bond acceptors (Lipinski definition) is 5. The van der Waals surface area contributed by atoms with Gasteiger partial charge in [0.2, 0.25) is 0 Å². The Morgan fingerprint density at radius 2 is 2.00 bits per heavy atom. The summed E-state index contributed by atoms with van der Waals surface area (Å²) >= 11 is 0. The van der Waals surface area contributed by atoms with Crippen molar-refractivity contribution in [2.24, 2.45) is 0 Å². The second kappa shape index (κ2) is 5.36. The molecule has 2 aromatic heterocycles. The van der Waals surface area contributed by atoms with Crippen LogP contribution < -0.4 is 10.6 Å². The number of carbonyl (C=O) groups is 1. The number of nitrogens with one attached hydrogen (secondary N) is 2. The lowest BCUT2D eigenvalue weighted by Crippen LogP contribution is -2.43. The number of aryl methyl sites for hydroxylation is 1. The highest BCUT2D eigenvalue weighted by Crippen LogP contribution is 2.37. The molecule has 0 bridgehead atoms. The molecule has 8 nitrogen and oxygen atoms in total. The predicted octanol–water partition coefficient (Wildman–Crippen LogP) is 1.08. The summed E-state index contributed by atoms with van der Waals surface area (Å²) in [7, 11) is 0. The lowest BCUT2D eigenvalue weighted by molar-refractivity contribution is 0.243. The van der Waals surface area contributed by atoms with Gasteiger partial charge in [0.05, 0.1) is 30.7 Å². The van der Waals surface area contributed by atoms with E-state index in [0.29, 0.717) is 18.2 Å². The van der Waals surface area contributed by atoms with Gasteiger partial charge in [-0.25, -0.2) is 24.4 Å². The van der Waals surface area contributed by atoms with Gasteiger partial charge >= 0.3 is 6.03 Å². The molecule has 2 amide bonds. The van der Waals surface area contributed by atoms with E-state index >= 15 is 0 Å². The highest BCUT2D eigenvalue weighted by atomic mass is 16.2. The van der Waals surface area contributed by atoms with Crippen LogP contribution in [0.1, 0.15) is 36.8 Å². The van der Waals surface area contributed by atoms with Crippen LogP contribution in [-0.2, 0) is 13.0 Å². The van der Waals surface area contributed by atoms with Crippen LogP contribution in [0, 0.1) is 0 Å². The maximum atomic E-state index is 12.0. The van der Waals surface area contributed by atoms with Crippen molar-refractivity contribution in [2.75, 3.05) is 5.32 Å². The average molecular weight is 299 g/mol. The topological polar surface area (TPSA) is 97.6 Å². The molecule has 1 aliphatic carbocycles. The van der Waals surface area contributed by atoms with E-state index in [9.17, 15) is 4.79 Å². The third kappa shape index (κ3) is 2.76. The zero-order valence-electron chi connectivity index (χ0n) is 12.1. The Kier molecular flexibility index (Phi) is 3.21. The van der Waals surface area contributed by atoms with Crippen molar-refractivity contribution < 1.29 is 4.79 Å². The van der Waals surface area contributed by atoms with Crippen molar-refractivity contribution in [3.05, 3.63) is 30.4 Å². The van der Waals surface area contributed by atoms with E-state index in [4.69, 9.17) is 0 Å². The minimum atomic E-state index is -0.240. The van der Waals surface area contributed by atoms with Gasteiger partial charge in [-0.1, -0.05) is 0 Å². The van der Waals surface area contributed by atoms with E-state index in [2.05, 4.69) is 30.7 Å². The first-order valence-electron chi connectivity index (χ1n) is 7.54. The molecular formula is C14H17N7O. The standard InChI is InChI=1S/C14H17N7O/c22-14(19-10-3-4-12-17-8-18-21(12)7-10)20-11-5-15-13(16-6-11)9-1-2-9/h5-6,8-10H,1-4,7H2,(H2,19,20,22). The Hall–Kier alpha value is -2.51. The second-order valence-corrected chi connectivity index (χ2v) is 5.80. The molecular weight excluding hydrogens is 282 g/mol. The fraction of sp³-hybridized carbons (Fsp3) is 0.500. The number of hydrogen-bond donors (Lipinski definition) is 2. The molecule has 1 atom stereocenters. The summed E-state index contributed by atoms with van der Waals surface area (Å²) in [6, 6.07) is -0.183. The number of rotatable bonds is 3. The smallest absolute Gasteiger partial charge is 0.319 e. The summed E-state index contributed by atoms with van der Waals surface area (Å²) in [6.07, 6.45) is 8.90. The normalized spacial score (nSPS) is 20.3. The van der Waals surface area contributed by atoms with Crippen molar-refractivity contribution in [3.63, 3.8) is 0 Å². The number of aromatic nitrogens is 5. The summed E-state index contributed by atoms with van der Waals surface area (Å²) in [5, 5.41) is 9.87. The van der Waals surface area contributed by atoms with Crippen LogP contribution in [0.4, 0.5) is 10.5 Å². The molecule has 2 aliphatic rings. The van der Waals surface area contributed by atoms with Gasteiger partial charge in [-0.05, 0) is 19.3 Å². The van der Waals surface area contributed by atoms with Crippen molar-refractivity contribution in [1.82, 2.24) is 30.0 Å². The Labute approximate surface area is 127 Å². The van der Waals surface area contributed by atoms with Gasteiger partial charge in [0.15, 0.2) is 0 Å². The largest absolute Gasteiger partial charge is 0.333 e. The first-order valence-corrected chi connectivity index (χ1v) is 7.54. The Morgan fingerprint density at radius 1 is 1.18 bits per heavy atom. The quantitative estimate of drug-likeness (QED) is 0.884. The van der Waals surface area contributed by atoms with Crippen LogP contribution >= 0.6 is 0 Å². The molecule has 2 aromatic rings. The lowest BCUT2D eigenvalue weighted by atomic mass is 10.1. The summed E-state index contributed by atoms with van der Waals surface area (Å²) in [5.41, 5.74) is 0.610. The molecule has 0 saturated heterocycles. The highest BCUT2D eigenvalue weighted by molar-refractivity contribution is 5.89. The van der Waals surface area contributed by atoms with Crippen molar-refractivity contribution in [1.29, 1.82) is 0 Å². The molecule has 1 fully saturated rings. The van der Waals surface area contributed by atoms with E-state index in [-0.39, 0.29) is 12.1 Å². The molecule has 0 spiro atoms. The number of amides is 2. The van der Waals surface area contributed by atoms with Gasteiger partial charge in [-0.2, -0.15) is 5.10 Å². The Morgan fingerprint density at radius 3 is 2.77 bits per heavy atom. The van der Waals surface area contributed by atoms with Gasteiger partial charge in [0, 0.05) is 12.3 Å². The average Bonchev–Trinajstić information content (AvgIpc) is 3.26. The molecule has 22 heavy (non-hydrogen) atoms. The van der Waals surface area contributed by atoms with Crippen LogP contribution in [0.5, 0.6) is 0 Å². The van der Waals surface area contributed by atoms with Gasteiger partial charge in [0.25, 0.3) is 0 Å². The SMILES string of the molecule is O=C(Nc1cnc(C2CC2)nc1)NC1CCc2ncnn2C1. The zero-order chi connectivity index (χ0) is 14.9. The van der Waals surface area contributed by atoms with Crippen LogP contribution in [0.25, 0.3) is 0 Å². The summed E-state index contributed by atoms with van der Waals surface area (Å²) in [4.78, 5) is 24.8. The fourth-order valence-electron chi connectivity index (χ4n) is 2.66. The van der Waals surface area contributed by atoms with Crippen molar-refractivity contribution in [2.45, 2.75) is 44.2 Å². The number of urea groups is 1. The number of carbonyl (C=O) groups excluding carboxylic acids is 1. The molecule has 1 unspecified atom stereocenters. The van der Waals surface area contributed by atoms with Crippen LogP contribution in [-0.4, -0.2) is 36.8 Å². The molecule has 3 heterocycles. The van der Waals surface area contributed by atoms with E-state index in [1.54, 1.807) is 18.7 Å². The van der Waals surface area contributed by atoms with E-state index in [1.807, 2.05) is 4.68 Å². The summed E-state index contributed by atoms with van der Waals surface area (Å²) in [5.74, 6) is 2.36. The predicted molar refractivity (Wildman–Crippen MR) is 78.3 cm³/mol. The van der Waals surface area contributed by atoms with Crippen LogP contribution in [0.2, 0.25) is 0 Å². The van der Waals surface area contributed by atoms with Crippen molar-refractivity contribution in [3.8, 4) is 0 Å². The van der Waals surface area contributed by atoms with Gasteiger partial charge < -0.3 is 10.6 Å². The molecule has 2 N–H and O–H groups in total. The maximum Gasteiger partial charge on any atom is 0.319 e. The number of nitrogens with zero attached hydrogens (tertiary/aromatic N) is 5. The van der Waals surface area contributed by atoms with Crippen LogP contribution in [0.15, 0.2) is 18.7 Å². The monoisotopic (exact) mass is 299 g/mol. The summed E-state index contributed by atoms with van der Waals surface area (Å²) < 4.78 is 1.84. The molecule has 8 heteroatoms. The molecule has 4 rings (SSSR count). The van der Waals surface area contributed by atoms with E-state index in [1.165, 1.54) is 12.8 Å². The maximum absolute atomic E-state index is 12.0. The second-order valence-electron chi connectivity index (χ2n) is 5.80. The third-order valence-corrected chi connectivity index (χ3v) is 4.01. The molecule has 0 aromatic carbocycles. The lowest BCUT2D eigenvalue weighted by Gasteiger charge is -2.23. The first-order chi connectivity index (χ1) is 10.8. The third-order valence-electron chi connectivity index (χ3n) is 4.01. The molecule has 114 valence electrons. The fourth-order valence-corrected chi connectivity index (χ4v) is 2.66. The van der Waals surface area contributed by atoms with Gasteiger partial charge in [0.1, 0.15) is 18.0 Å². The molecule has 1 aliphatic heterocycles. The van der Waals surface area contributed by atoms with Gasteiger partial charge in [-0.15, -0.1) is 0 Å². The zero-order valence-corrected chi connectivity index (χ0v) is 12.1. The van der Waals surface area contributed by atoms with E-state index in [0.717, 1.165) is 24.5 Å². The number of fused-ring (bicyclic) bond motifs is 1.